The third kappa shape index (κ3) is 3.58. The molecule has 0 saturated heterocycles. The standard InChI is InChI=1S/C27H42O3/c1-17(6-5-7-18(2)25(29)30)22-10-11-23-21-9-8-19-16-20(28)12-14-26(19,3)24(21)13-15-27(22,23)4/h9,17-19,22-24H,5-8,10-16H2,1-4H3,(H,29,30)/t17-,18-,19+,22-,23+,24+,26+,27-/m1/s1. The van der Waals surface area contributed by atoms with Crippen LogP contribution in [0.3, 0.4) is 0 Å². The highest BCUT2D eigenvalue weighted by Crippen LogP contribution is 2.66. The van der Waals surface area contributed by atoms with Crippen LogP contribution in [-0.2, 0) is 9.59 Å². The molecule has 30 heavy (non-hydrogen) atoms. The Morgan fingerprint density at radius 1 is 1.10 bits per heavy atom. The fraction of sp³-hybridized carbons (Fsp3) is 0.852. The molecule has 0 aromatic carbocycles. The van der Waals surface area contributed by atoms with Gasteiger partial charge in [-0.1, -0.05) is 52.2 Å². The van der Waals surface area contributed by atoms with Crippen molar-refractivity contribution in [3.8, 4) is 0 Å². The highest BCUT2D eigenvalue weighted by molar-refractivity contribution is 5.79. The van der Waals surface area contributed by atoms with E-state index in [9.17, 15) is 9.59 Å². The average Bonchev–Trinajstić information content (AvgIpc) is 3.05. The zero-order valence-electron chi connectivity index (χ0n) is 19.6. The van der Waals surface area contributed by atoms with Crippen molar-refractivity contribution in [1.29, 1.82) is 0 Å². The molecule has 4 aliphatic carbocycles. The number of hydrogen-bond donors (Lipinski definition) is 1. The van der Waals surface area contributed by atoms with Crippen molar-refractivity contribution in [2.45, 2.75) is 98.3 Å². The van der Waals surface area contributed by atoms with Gasteiger partial charge in [-0.25, -0.2) is 0 Å². The highest BCUT2D eigenvalue weighted by atomic mass is 16.4. The van der Waals surface area contributed by atoms with Gasteiger partial charge in [0.05, 0.1) is 5.92 Å². The van der Waals surface area contributed by atoms with Crippen LogP contribution in [-0.4, -0.2) is 16.9 Å². The summed E-state index contributed by atoms with van der Waals surface area (Å²) in [5.41, 5.74) is 2.52. The van der Waals surface area contributed by atoms with E-state index in [-0.39, 0.29) is 5.92 Å². The summed E-state index contributed by atoms with van der Waals surface area (Å²) >= 11 is 0. The van der Waals surface area contributed by atoms with Gasteiger partial charge in [-0.2, -0.15) is 0 Å². The number of carbonyl (C=O) groups excluding carboxylic acids is 1. The van der Waals surface area contributed by atoms with Crippen LogP contribution in [0.5, 0.6) is 0 Å². The van der Waals surface area contributed by atoms with Crippen LogP contribution in [0.4, 0.5) is 0 Å². The van der Waals surface area contributed by atoms with Gasteiger partial charge in [0.1, 0.15) is 5.78 Å². The van der Waals surface area contributed by atoms with Crippen molar-refractivity contribution >= 4 is 11.8 Å². The number of carbonyl (C=O) groups is 2. The fourth-order valence-electron chi connectivity index (χ4n) is 8.35. The van der Waals surface area contributed by atoms with E-state index >= 15 is 0 Å². The molecule has 4 aliphatic rings. The van der Waals surface area contributed by atoms with Crippen LogP contribution < -0.4 is 0 Å². The molecular weight excluding hydrogens is 372 g/mol. The third-order valence-electron chi connectivity index (χ3n) is 10.4. The van der Waals surface area contributed by atoms with E-state index in [4.69, 9.17) is 5.11 Å². The number of rotatable bonds is 6. The largest absolute Gasteiger partial charge is 0.481 e. The molecule has 1 N–H and O–H groups in total. The van der Waals surface area contributed by atoms with Crippen LogP contribution in [0.2, 0.25) is 0 Å². The molecule has 3 heteroatoms. The first-order valence-electron chi connectivity index (χ1n) is 12.6. The lowest BCUT2D eigenvalue weighted by atomic mass is 9.47. The monoisotopic (exact) mass is 414 g/mol. The predicted molar refractivity (Wildman–Crippen MR) is 120 cm³/mol. The Balaban J connectivity index is 1.46. The smallest absolute Gasteiger partial charge is 0.306 e. The number of fused-ring (bicyclic) bond motifs is 5. The van der Waals surface area contributed by atoms with Crippen molar-refractivity contribution < 1.29 is 14.7 Å². The summed E-state index contributed by atoms with van der Waals surface area (Å²) in [6.45, 7) is 9.34. The molecule has 0 heterocycles. The molecular formula is C27H42O3. The van der Waals surface area contributed by atoms with Gasteiger partial charge in [-0.15, -0.1) is 0 Å². The van der Waals surface area contributed by atoms with Crippen molar-refractivity contribution in [3.05, 3.63) is 11.6 Å². The van der Waals surface area contributed by atoms with Gasteiger partial charge < -0.3 is 5.11 Å². The average molecular weight is 415 g/mol. The SMILES string of the molecule is C[C@H](CCC[C@@H](C)[C@H]1CC[C@H]2C3=CC[C@H]4CC(=O)CC[C@]4(C)[C@H]3CC[C@]12C)C(=O)O. The highest BCUT2D eigenvalue weighted by Gasteiger charge is 2.58. The molecule has 0 bridgehead atoms. The topological polar surface area (TPSA) is 54.4 Å². The molecule has 3 saturated carbocycles. The van der Waals surface area contributed by atoms with Gasteiger partial charge in [0.25, 0.3) is 0 Å². The summed E-state index contributed by atoms with van der Waals surface area (Å²) in [6, 6.07) is 0. The van der Waals surface area contributed by atoms with E-state index in [0.717, 1.165) is 56.8 Å². The van der Waals surface area contributed by atoms with Gasteiger partial charge >= 0.3 is 5.97 Å². The third-order valence-corrected chi connectivity index (χ3v) is 10.4. The van der Waals surface area contributed by atoms with Crippen molar-refractivity contribution in [1.82, 2.24) is 0 Å². The van der Waals surface area contributed by atoms with Crippen molar-refractivity contribution in [2.75, 3.05) is 0 Å². The molecule has 0 aromatic rings. The van der Waals surface area contributed by atoms with E-state index in [1.165, 1.54) is 25.7 Å². The fourth-order valence-corrected chi connectivity index (χ4v) is 8.35. The van der Waals surface area contributed by atoms with Crippen LogP contribution in [0.15, 0.2) is 11.6 Å². The number of hydrogen-bond acceptors (Lipinski definition) is 2. The number of carboxylic acids is 1. The summed E-state index contributed by atoms with van der Waals surface area (Å²) in [5.74, 6) is 3.06. The molecule has 0 radical (unpaired) electrons. The zero-order chi connectivity index (χ0) is 21.7. The molecule has 0 aliphatic heterocycles. The minimum atomic E-state index is -0.658. The molecule has 0 amide bonds. The summed E-state index contributed by atoms with van der Waals surface area (Å²) in [6.07, 6.45) is 14.7. The molecule has 168 valence electrons. The molecule has 0 spiro atoms. The number of aliphatic carboxylic acids is 1. The molecule has 0 unspecified atom stereocenters. The second-order valence-corrected chi connectivity index (χ2v) is 11.9. The maximum Gasteiger partial charge on any atom is 0.306 e. The number of carboxylic acid groups (broad SMARTS) is 1. The van der Waals surface area contributed by atoms with E-state index in [1.807, 2.05) is 6.92 Å². The Bertz CT molecular complexity index is 724. The summed E-state index contributed by atoms with van der Waals surface area (Å²) in [4.78, 5) is 23.2. The zero-order valence-corrected chi connectivity index (χ0v) is 19.6. The van der Waals surface area contributed by atoms with Crippen molar-refractivity contribution in [3.63, 3.8) is 0 Å². The lowest BCUT2D eigenvalue weighted by molar-refractivity contribution is -0.141. The van der Waals surface area contributed by atoms with E-state index in [0.29, 0.717) is 34.4 Å². The summed E-state index contributed by atoms with van der Waals surface area (Å²) in [5, 5.41) is 9.16. The first-order valence-corrected chi connectivity index (χ1v) is 12.6. The number of allylic oxidation sites excluding steroid dienone is 2. The first-order chi connectivity index (χ1) is 14.2. The first kappa shape index (κ1) is 22.1. The lowest BCUT2D eigenvalue weighted by Crippen LogP contribution is -2.49. The minimum absolute atomic E-state index is 0.219. The summed E-state index contributed by atoms with van der Waals surface area (Å²) in [7, 11) is 0. The van der Waals surface area contributed by atoms with Crippen LogP contribution in [0.25, 0.3) is 0 Å². The molecule has 3 nitrogen and oxygen atoms in total. The lowest BCUT2D eigenvalue weighted by Gasteiger charge is -2.57. The Kier molecular flexibility index (Phi) is 5.96. The predicted octanol–water partition coefficient (Wildman–Crippen LogP) is 6.66. The maximum atomic E-state index is 12.1. The van der Waals surface area contributed by atoms with Gasteiger partial charge in [0.15, 0.2) is 0 Å². The van der Waals surface area contributed by atoms with Crippen LogP contribution >= 0.6 is 0 Å². The molecule has 4 rings (SSSR count). The quantitative estimate of drug-likeness (QED) is 0.494. The molecule has 3 fully saturated rings. The second kappa shape index (κ2) is 8.10. The Morgan fingerprint density at radius 3 is 2.57 bits per heavy atom. The van der Waals surface area contributed by atoms with Crippen LogP contribution in [0.1, 0.15) is 98.3 Å². The van der Waals surface area contributed by atoms with Gasteiger partial charge in [-0.05, 0) is 85.4 Å². The van der Waals surface area contributed by atoms with E-state index < -0.39 is 5.97 Å². The van der Waals surface area contributed by atoms with E-state index in [1.54, 1.807) is 5.57 Å². The van der Waals surface area contributed by atoms with Gasteiger partial charge in [0, 0.05) is 12.8 Å². The molecule has 8 atom stereocenters. The molecule has 0 aromatic heterocycles. The Hall–Kier alpha value is -1.12. The van der Waals surface area contributed by atoms with Crippen molar-refractivity contribution in [2.24, 2.45) is 46.3 Å². The second-order valence-electron chi connectivity index (χ2n) is 11.9. The maximum absolute atomic E-state index is 12.1. The van der Waals surface area contributed by atoms with Crippen LogP contribution in [0, 0.1) is 46.3 Å². The number of Topliss-reactive ketones (excluding diaryl/α,β-unsaturated/α-hetero) is 1. The number of ketones is 1. The normalized spacial score (nSPS) is 42.5. The Labute approximate surface area is 183 Å². The summed E-state index contributed by atoms with van der Waals surface area (Å²) < 4.78 is 0. The minimum Gasteiger partial charge on any atom is -0.481 e. The Morgan fingerprint density at radius 2 is 1.83 bits per heavy atom. The van der Waals surface area contributed by atoms with E-state index in [2.05, 4.69) is 26.8 Å². The van der Waals surface area contributed by atoms with Gasteiger partial charge in [0.2, 0.25) is 0 Å². The van der Waals surface area contributed by atoms with Gasteiger partial charge in [-0.3, -0.25) is 9.59 Å².